The molecule has 0 aliphatic heterocycles. The van der Waals surface area contributed by atoms with Gasteiger partial charge in [-0.05, 0) is 31.9 Å². The molecule has 1 rings (SSSR count). The topological polar surface area (TPSA) is 20.2 Å². The van der Waals surface area contributed by atoms with Crippen LogP contribution in [0.3, 0.4) is 0 Å². The van der Waals surface area contributed by atoms with E-state index < -0.39 is 0 Å². The number of aromatic hydroxyl groups is 1. The fourth-order valence-corrected chi connectivity index (χ4v) is 1.17. The molecule has 0 amide bonds. The summed E-state index contributed by atoms with van der Waals surface area (Å²) in [7, 11) is 0. The molecule has 2 heteroatoms. The van der Waals surface area contributed by atoms with Gasteiger partial charge in [-0.3, -0.25) is 0 Å². The summed E-state index contributed by atoms with van der Waals surface area (Å²) >= 11 is 0. The number of rotatable bonds is 0. The van der Waals surface area contributed by atoms with E-state index >= 15 is 0 Å². The Hall–Kier alpha value is -0.448. The molecule has 0 radical (unpaired) electrons. The first-order valence-corrected chi connectivity index (χ1v) is 3.38. The van der Waals surface area contributed by atoms with Gasteiger partial charge in [0.25, 0.3) is 0 Å². The lowest BCUT2D eigenvalue weighted by Crippen LogP contribution is -1.81. The molecule has 0 spiro atoms. The Labute approximate surface area is 78.2 Å². The molecule has 0 aliphatic rings. The van der Waals surface area contributed by atoms with E-state index in [1.807, 2.05) is 32.9 Å². The molecule has 1 aromatic carbocycles. The van der Waals surface area contributed by atoms with Gasteiger partial charge in [0, 0.05) is 0 Å². The standard InChI is InChI=1S/C9H12O.Al.3H/c1-6-4-7(2)9(10)8(3)5-6;;;;/h4-5,10H,1-3H3;;;;. The van der Waals surface area contributed by atoms with Crippen LogP contribution in [0.5, 0.6) is 5.75 Å². The number of phenols is 1. The summed E-state index contributed by atoms with van der Waals surface area (Å²) in [6.45, 7) is 5.85. The number of hydrogen-bond acceptors (Lipinski definition) is 1. The van der Waals surface area contributed by atoms with E-state index in [2.05, 4.69) is 0 Å². The summed E-state index contributed by atoms with van der Waals surface area (Å²) in [4.78, 5) is 0. The van der Waals surface area contributed by atoms with Crippen molar-refractivity contribution < 1.29 is 5.11 Å². The summed E-state index contributed by atoms with van der Waals surface area (Å²) in [5, 5.41) is 9.33. The van der Waals surface area contributed by atoms with Crippen LogP contribution in [0.4, 0.5) is 0 Å². The van der Waals surface area contributed by atoms with Crippen LogP contribution in [0.1, 0.15) is 16.7 Å². The molecule has 0 unspecified atom stereocenters. The van der Waals surface area contributed by atoms with Gasteiger partial charge >= 0.3 is 0 Å². The van der Waals surface area contributed by atoms with E-state index in [0.29, 0.717) is 5.75 Å². The molecule has 0 aliphatic carbocycles. The highest BCUT2D eigenvalue weighted by atomic mass is 27.0. The van der Waals surface area contributed by atoms with Crippen LogP contribution in [-0.4, -0.2) is 22.5 Å². The zero-order chi connectivity index (χ0) is 7.72. The minimum atomic E-state index is 0. The van der Waals surface area contributed by atoms with Crippen LogP contribution in [0.2, 0.25) is 0 Å². The van der Waals surface area contributed by atoms with Crippen molar-refractivity contribution in [1.29, 1.82) is 0 Å². The first-order valence-electron chi connectivity index (χ1n) is 3.38. The third-order valence-corrected chi connectivity index (χ3v) is 1.64. The fourth-order valence-electron chi connectivity index (χ4n) is 1.17. The normalized spacial score (nSPS) is 9.00. The largest absolute Gasteiger partial charge is 0.507 e. The first-order chi connectivity index (χ1) is 4.61. The van der Waals surface area contributed by atoms with Gasteiger partial charge in [0.05, 0.1) is 0 Å². The van der Waals surface area contributed by atoms with Gasteiger partial charge in [-0.1, -0.05) is 17.7 Å². The van der Waals surface area contributed by atoms with Crippen LogP contribution in [0.25, 0.3) is 0 Å². The Balaban J connectivity index is 0.000001000. The average Bonchev–Trinajstić information content (AvgIpc) is 1.82. The zero-order valence-electron chi connectivity index (χ0n) is 6.60. The van der Waals surface area contributed by atoms with E-state index in [1.165, 1.54) is 5.56 Å². The maximum absolute atomic E-state index is 9.33. The van der Waals surface area contributed by atoms with Crippen LogP contribution in [0.15, 0.2) is 12.1 Å². The summed E-state index contributed by atoms with van der Waals surface area (Å²) in [5.74, 6) is 0.422. The van der Waals surface area contributed by atoms with Crippen LogP contribution < -0.4 is 0 Å². The van der Waals surface area contributed by atoms with Crippen LogP contribution in [-0.2, 0) is 0 Å². The molecule has 0 aromatic heterocycles. The molecule has 0 heterocycles. The van der Waals surface area contributed by atoms with E-state index in [4.69, 9.17) is 0 Å². The molecule has 1 nitrogen and oxygen atoms in total. The Bertz CT molecular complexity index is 233. The fraction of sp³-hybridized carbons (Fsp3) is 0.333. The third-order valence-electron chi connectivity index (χ3n) is 1.64. The van der Waals surface area contributed by atoms with E-state index in [1.54, 1.807) is 0 Å². The highest BCUT2D eigenvalue weighted by molar-refractivity contribution is 5.75. The van der Waals surface area contributed by atoms with Crippen molar-refractivity contribution in [1.82, 2.24) is 0 Å². The third kappa shape index (κ3) is 2.25. The Kier molecular flexibility index (Phi) is 3.65. The number of aryl methyl sites for hydroxylation is 3. The molecule has 0 atom stereocenters. The van der Waals surface area contributed by atoms with Gasteiger partial charge in [0.1, 0.15) is 5.75 Å². The van der Waals surface area contributed by atoms with Gasteiger partial charge in [-0.25, -0.2) is 0 Å². The second kappa shape index (κ2) is 3.80. The highest BCUT2D eigenvalue weighted by Crippen LogP contribution is 2.21. The van der Waals surface area contributed by atoms with Crippen molar-refractivity contribution in [2.75, 3.05) is 0 Å². The Morgan fingerprint density at radius 1 is 1.00 bits per heavy atom. The molecular weight excluding hydrogens is 151 g/mol. The molecular formula is C9H15AlO. The van der Waals surface area contributed by atoms with E-state index in [-0.39, 0.29) is 17.4 Å². The van der Waals surface area contributed by atoms with Crippen molar-refractivity contribution in [3.63, 3.8) is 0 Å². The summed E-state index contributed by atoms with van der Waals surface area (Å²) in [5.41, 5.74) is 3.11. The lowest BCUT2D eigenvalue weighted by molar-refractivity contribution is 0.466. The molecule has 0 fully saturated rings. The van der Waals surface area contributed by atoms with Gasteiger partial charge in [0.15, 0.2) is 17.4 Å². The minimum Gasteiger partial charge on any atom is -0.507 e. The monoisotopic (exact) mass is 166 g/mol. The molecule has 1 aromatic rings. The highest BCUT2D eigenvalue weighted by Gasteiger charge is 1.98. The number of hydrogen-bond donors (Lipinski definition) is 1. The second-order valence-corrected chi connectivity index (χ2v) is 2.75. The second-order valence-electron chi connectivity index (χ2n) is 2.75. The smallest absolute Gasteiger partial charge is 0.187 e. The lowest BCUT2D eigenvalue weighted by atomic mass is 10.1. The quantitative estimate of drug-likeness (QED) is 0.573. The minimum absolute atomic E-state index is 0. The van der Waals surface area contributed by atoms with Crippen molar-refractivity contribution in [3.8, 4) is 5.75 Å². The van der Waals surface area contributed by atoms with Crippen molar-refractivity contribution >= 4 is 17.4 Å². The van der Waals surface area contributed by atoms with Gasteiger partial charge in [-0.2, -0.15) is 0 Å². The average molecular weight is 166 g/mol. The molecule has 0 bridgehead atoms. The van der Waals surface area contributed by atoms with Crippen molar-refractivity contribution in [2.24, 2.45) is 0 Å². The van der Waals surface area contributed by atoms with E-state index in [9.17, 15) is 5.11 Å². The van der Waals surface area contributed by atoms with Crippen LogP contribution >= 0.6 is 0 Å². The summed E-state index contributed by atoms with van der Waals surface area (Å²) in [6.07, 6.45) is 0. The van der Waals surface area contributed by atoms with E-state index in [0.717, 1.165) is 11.1 Å². The van der Waals surface area contributed by atoms with Crippen LogP contribution in [0, 0.1) is 20.8 Å². The first kappa shape index (κ1) is 10.6. The van der Waals surface area contributed by atoms with Crippen molar-refractivity contribution in [2.45, 2.75) is 20.8 Å². The Morgan fingerprint density at radius 3 is 1.73 bits per heavy atom. The van der Waals surface area contributed by atoms with Crippen molar-refractivity contribution in [3.05, 3.63) is 28.8 Å². The molecule has 0 saturated heterocycles. The molecule has 11 heavy (non-hydrogen) atoms. The lowest BCUT2D eigenvalue weighted by Gasteiger charge is -2.03. The van der Waals surface area contributed by atoms with Gasteiger partial charge < -0.3 is 5.11 Å². The summed E-state index contributed by atoms with van der Waals surface area (Å²) in [6, 6.07) is 3.95. The molecule has 0 saturated carbocycles. The maximum atomic E-state index is 9.33. The maximum Gasteiger partial charge on any atom is 0.187 e. The van der Waals surface area contributed by atoms with Gasteiger partial charge in [0.2, 0.25) is 0 Å². The molecule has 1 N–H and O–H groups in total. The molecule has 60 valence electrons. The van der Waals surface area contributed by atoms with Gasteiger partial charge in [-0.15, -0.1) is 0 Å². The number of phenolic OH excluding ortho intramolecular Hbond substituents is 1. The zero-order valence-corrected chi connectivity index (χ0v) is 6.60. The predicted molar refractivity (Wildman–Crippen MR) is 52.3 cm³/mol. The SMILES string of the molecule is Cc1cc(C)c(O)c(C)c1.[AlH3]. The predicted octanol–water partition coefficient (Wildman–Crippen LogP) is 1.13. The summed E-state index contributed by atoms with van der Waals surface area (Å²) < 4.78 is 0. The Morgan fingerprint density at radius 2 is 1.36 bits per heavy atom. The number of benzene rings is 1.